The summed E-state index contributed by atoms with van der Waals surface area (Å²) < 4.78 is 2.06. The number of aliphatic carboxylic acids is 1. The molecule has 2 N–H and O–H groups in total. The third kappa shape index (κ3) is 2.21. The number of rotatable bonds is 3. The molecule has 0 saturated heterocycles. The van der Waals surface area contributed by atoms with Crippen LogP contribution in [0.25, 0.3) is 0 Å². The van der Waals surface area contributed by atoms with Crippen molar-refractivity contribution in [2.45, 2.75) is 44.7 Å². The van der Waals surface area contributed by atoms with E-state index in [1.54, 1.807) is 6.33 Å². The summed E-state index contributed by atoms with van der Waals surface area (Å²) in [6, 6.07) is 0.178. The molecule has 3 aliphatic rings. The number of imidazole rings is 1. The van der Waals surface area contributed by atoms with E-state index >= 15 is 0 Å². The summed E-state index contributed by atoms with van der Waals surface area (Å²) >= 11 is 0. The number of hydrogen-bond acceptors (Lipinski definition) is 3. The summed E-state index contributed by atoms with van der Waals surface area (Å²) in [5, 5.41) is 12.4. The first-order valence-electron chi connectivity index (χ1n) is 8.14. The fraction of sp³-hybridized carbons (Fsp3) is 0.688. The molecule has 0 radical (unpaired) electrons. The summed E-state index contributed by atoms with van der Waals surface area (Å²) in [5.74, 6) is -0.125. The number of amides is 1. The third-order valence-electron chi connectivity index (χ3n) is 5.84. The van der Waals surface area contributed by atoms with Gasteiger partial charge in [-0.15, -0.1) is 0 Å². The molecule has 5 atom stereocenters. The molecule has 2 fully saturated rings. The van der Waals surface area contributed by atoms with Crippen LogP contribution in [-0.2, 0) is 22.6 Å². The number of aryl methyl sites for hydroxylation is 1. The fourth-order valence-electron chi connectivity index (χ4n) is 4.64. The Labute approximate surface area is 128 Å². The number of fused-ring (bicyclic) bond motifs is 3. The first kappa shape index (κ1) is 13.8. The van der Waals surface area contributed by atoms with Gasteiger partial charge in [0.15, 0.2) is 0 Å². The van der Waals surface area contributed by atoms with Gasteiger partial charge >= 0.3 is 5.97 Å². The van der Waals surface area contributed by atoms with Gasteiger partial charge in [-0.3, -0.25) is 9.59 Å². The maximum Gasteiger partial charge on any atom is 0.306 e. The molecule has 0 spiro atoms. The lowest BCUT2D eigenvalue weighted by atomic mass is 9.85. The first-order valence-corrected chi connectivity index (χ1v) is 8.14. The van der Waals surface area contributed by atoms with Crippen LogP contribution in [0.3, 0.4) is 0 Å². The van der Waals surface area contributed by atoms with E-state index < -0.39 is 5.97 Å². The second-order valence-electron chi connectivity index (χ2n) is 7.06. The molecule has 22 heavy (non-hydrogen) atoms. The Balaban J connectivity index is 1.36. The molecule has 1 aliphatic heterocycles. The molecule has 6 heteroatoms. The summed E-state index contributed by atoms with van der Waals surface area (Å²) in [6.45, 7) is 0.708. The molecule has 1 aromatic rings. The quantitative estimate of drug-likeness (QED) is 0.874. The number of carboxylic acid groups (broad SMARTS) is 1. The number of aromatic nitrogens is 2. The van der Waals surface area contributed by atoms with Crippen molar-refractivity contribution in [2.24, 2.45) is 23.7 Å². The smallest absolute Gasteiger partial charge is 0.306 e. The average molecular weight is 303 g/mol. The number of carboxylic acids is 1. The Hall–Kier alpha value is -1.85. The first-order chi connectivity index (χ1) is 10.6. The molecule has 1 amide bonds. The van der Waals surface area contributed by atoms with Crippen LogP contribution < -0.4 is 5.32 Å². The second kappa shape index (κ2) is 5.11. The number of nitrogens with one attached hydrogen (secondary N) is 1. The van der Waals surface area contributed by atoms with Crippen molar-refractivity contribution < 1.29 is 14.7 Å². The highest BCUT2D eigenvalue weighted by Crippen LogP contribution is 2.48. The van der Waals surface area contributed by atoms with Gasteiger partial charge in [-0.1, -0.05) is 0 Å². The van der Waals surface area contributed by atoms with Crippen molar-refractivity contribution in [1.29, 1.82) is 0 Å². The number of nitrogens with zero attached hydrogens (tertiary/aromatic N) is 2. The van der Waals surface area contributed by atoms with Crippen LogP contribution in [0.4, 0.5) is 0 Å². The molecular formula is C16H21N3O3. The van der Waals surface area contributed by atoms with Crippen molar-refractivity contribution in [3.8, 4) is 0 Å². The Bertz CT molecular complexity index is 612. The number of carbonyl (C=O) groups is 2. The monoisotopic (exact) mass is 303 g/mol. The van der Waals surface area contributed by atoms with Gasteiger partial charge in [0.05, 0.1) is 18.2 Å². The molecule has 6 nitrogen and oxygen atoms in total. The third-order valence-corrected chi connectivity index (χ3v) is 5.84. The molecule has 2 aliphatic carbocycles. The van der Waals surface area contributed by atoms with E-state index in [2.05, 4.69) is 14.9 Å². The molecule has 1 unspecified atom stereocenters. The second-order valence-corrected chi connectivity index (χ2v) is 7.06. The van der Waals surface area contributed by atoms with Crippen LogP contribution in [0.1, 0.15) is 31.4 Å². The van der Waals surface area contributed by atoms with Crippen LogP contribution in [0, 0.1) is 23.7 Å². The van der Waals surface area contributed by atoms with Crippen molar-refractivity contribution >= 4 is 11.9 Å². The molecule has 4 rings (SSSR count). The van der Waals surface area contributed by atoms with E-state index in [1.807, 2.05) is 6.20 Å². The van der Waals surface area contributed by atoms with Gasteiger partial charge in [-0.2, -0.15) is 0 Å². The van der Waals surface area contributed by atoms with Crippen LogP contribution in [0.15, 0.2) is 12.5 Å². The molecule has 2 heterocycles. The lowest BCUT2D eigenvalue weighted by Crippen LogP contribution is -2.45. The van der Waals surface area contributed by atoms with Crippen LogP contribution in [-0.4, -0.2) is 32.6 Å². The minimum atomic E-state index is -0.669. The van der Waals surface area contributed by atoms with E-state index in [9.17, 15) is 14.7 Å². The normalized spacial score (nSPS) is 36.1. The molecule has 118 valence electrons. The van der Waals surface area contributed by atoms with E-state index in [-0.39, 0.29) is 29.7 Å². The Morgan fingerprint density at radius 3 is 2.86 bits per heavy atom. The average Bonchev–Trinajstić information content (AvgIpc) is 3.20. The fourth-order valence-corrected chi connectivity index (χ4v) is 4.64. The Kier molecular flexibility index (Phi) is 3.20. The Morgan fingerprint density at radius 2 is 2.14 bits per heavy atom. The van der Waals surface area contributed by atoms with Gasteiger partial charge in [-0.25, -0.2) is 4.98 Å². The maximum absolute atomic E-state index is 12.5. The minimum Gasteiger partial charge on any atom is -0.481 e. The largest absolute Gasteiger partial charge is 0.481 e. The van der Waals surface area contributed by atoms with Gasteiger partial charge < -0.3 is 15.0 Å². The predicted octanol–water partition coefficient (Wildman–Crippen LogP) is 1.06. The standard InChI is InChI=1S/C16H21N3O3/c20-15(9-1-2-12-6-17-8-19(12)7-9)18-14-5-10-3-11(14)4-13(10)16(21)22/h6,8-11,13-14H,1-5,7H2,(H,18,20)(H,21,22)/t9?,10-,11-,13-,14-/m1/s1. The predicted molar refractivity (Wildman–Crippen MR) is 77.9 cm³/mol. The zero-order valence-corrected chi connectivity index (χ0v) is 12.4. The molecule has 2 saturated carbocycles. The number of hydrogen-bond donors (Lipinski definition) is 2. The van der Waals surface area contributed by atoms with Crippen LogP contribution in [0.2, 0.25) is 0 Å². The van der Waals surface area contributed by atoms with Gasteiger partial charge in [0.2, 0.25) is 5.91 Å². The van der Waals surface area contributed by atoms with Gasteiger partial charge in [0, 0.05) is 24.5 Å². The van der Waals surface area contributed by atoms with Crippen molar-refractivity contribution in [3.05, 3.63) is 18.2 Å². The van der Waals surface area contributed by atoms with E-state index in [4.69, 9.17) is 0 Å². The molecule has 0 aromatic carbocycles. The van der Waals surface area contributed by atoms with Gasteiger partial charge in [-0.05, 0) is 43.9 Å². The summed E-state index contributed by atoms with van der Waals surface area (Å²) in [4.78, 5) is 27.8. The maximum atomic E-state index is 12.5. The molecular weight excluding hydrogens is 282 g/mol. The lowest BCUT2D eigenvalue weighted by molar-refractivity contribution is -0.143. The van der Waals surface area contributed by atoms with Gasteiger partial charge in [0.25, 0.3) is 0 Å². The SMILES string of the molecule is O=C(N[C@@H]1C[C@H]2C[C@@H]1C[C@H]2C(=O)O)C1CCc2cncn2C1. The van der Waals surface area contributed by atoms with Crippen molar-refractivity contribution in [2.75, 3.05) is 0 Å². The minimum absolute atomic E-state index is 0.0103. The van der Waals surface area contributed by atoms with Crippen LogP contribution in [0.5, 0.6) is 0 Å². The van der Waals surface area contributed by atoms with Gasteiger partial charge in [0.1, 0.15) is 0 Å². The van der Waals surface area contributed by atoms with Crippen LogP contribution >= 0.6 is 0 Å². The molecule has 1 aromatic heterocycles. The van der Waals surface area contributed by atoms with E-state index in [0.29, 0.717) is 12.5 Å². The lowest BCUT2D eigenvalue weighted by Gasteiger charge is -2.29. The topological polar surface area (TPSA) is 84.2 Å². The highest BCUT2D eigenvalue weighted by molar-refractivity contribution is 5.79. The zero-order chi connectivity index (χ0) is 15.3. The highest BCUT2D eigenvalue weighted by atomic mass is 16.4. The highest BCUT2D eigenvalue weighted by Gasteiger charge is 2.49. The summed E-state index contributed by atoms with van der Waals surface area (Å²) in [5.41, 5.74) is 1.20. The van der Waals surface area contributed by atoms with Crippen molar-refractivity contribution in [1.82, 2.24) is 14.9 Å². The number of carbonyl (C=O) groups excluding carboxylic acids is 1. The van der Waals surface area contributed by atoms with E-state index in [0.717, 1.165) is 32.1 Å². The zero-order valence-electron chi connectivity index (χ0n) is 12.4. The molecule has 2 bridgehead atoms. The summed E-state index contributed by atoms with van der Waals surface area (Å²) in [7, 11) is 0. The van der Waals surface area contributed by atoms with E-state index in [1.165, 1.54) is 5.69 Å². The Morgan fingerprint density at radius 1 is 1.27 bits per heavy atom. The van der Waals surface area contributed by atoms with Crippen molar-refractivity contribution in [3.63, 3.8) is 0 Å². The summed E-state index contributed by atoms with van der Waals surface area (Å²) in [6.07, 6.45) is 7.95.